The van der Waals surface area contributed by atoms with Crippen molar-refractivity contribution in [1.82, 2.24) is 4.57 Å². The van der Waals surface area contributed by atoms with Crippen molar-refractivity contribution >= 4 is 16.6 Å². The van der Waals surface area contributed by atoms with Crippen molar-refractivity contribution in [1.29, 1.82) is 5.26 Å². The minimum absolute atomic E-state index is 0.249. The third-order valence-corrected chi connectivity index (χ3v) is 3.77. The maximum Gasteiger partial charge on any atom is 0.126 e. The highest BCUT2D eigenvalue weighted by atomic mass is 19.1. The molecule has 21 heavy (non-hydrogen) atoms. The number of hydrogen-bond acceptors (Lipinski definition) is 2. The first-order valence-electron chi connectivity index (χ1n) is 6.60. The van der Waals surface area contributed by atoms with Crippen molar-refractivity contribution in [3.8, 4) is 11.8 Å². The number of nitrogens with two attached hydrogens (primary N) is 1. The number of nitrogens with zero attached hydrogens (tertiary/aromatic N) is 2. The van der Waals surface area contributed by atoms with Gasteiger partial charge in [0.05, 0.1) is 16.8 Å². The van der Waals surface area contributed by atoms with Gasteiger partial charge < -0.3 is 10.3 Å². The van der Waals surface area contributed by atoms with E-state index in [-0.39, 0.29) is 5.82 Å². The average molecular weight is 279 g/mol. The van der Waals surface area contributed by atoms with Crippen molar-refractivity contribution in [2.45, 2.75) is 13.8 Å². The maximum absolute atomic E-state index is 13.5. The lowest BCUT2D eigenvalue weighted by molar-refractivity contribution is 0.618. The van der Waals surface area contributed by atoms with Crippen molar-refractivity contribution in [2.24, 2.45) is 0 Å². The number of nitriles is 1. The van der Waals surface area contributed by atoms with Crippen LogP contribution in [-0.2, 0) is 0 Å². The number of fused-ring (bicyclic) bond motifs is 1. The number of nitrogen functional groups attached to an aromatic ring is 1. The Kier molecular flexibility index (Phi) is 2.91. The molecule has 104 valence electrons. The molecule has 3 rings (SSSR count). The quantitative estimate of drug-likeness (QED) is 0.688. The van der Waals surface area contributed by atoms with Crippen LogP contribution in [0.25, 0.3) is 16.6 Å². The SMILES string of the molecule is Cc1cc(-n2c(C)c(C#N)c3cccc(N)c32)ccc1F. The molecule has 1 aromatic heterocycles. The van der Waals surface area contributed by atoms with Crippen LogP contribution in [0.4, 0.5) is 10.1 Å². The van der Waals surface area contributed by atoms with Crippen molar-refractivity contribution in [3.05, 3.63) is 59.0 Å². The third kappa shape index (κ3) is 1.86. The summed E-state index contributed by atoms with van der Waals surface area (Å²) in [6.07, 6.45) is 0. The third-order valence-electron chi connectivity index (χ3n) is 3.77. The summed E-state index contributed by atoms with van der Waals surface area (Å²) in [7, 11) is 0. The Labute approximate surface area is 122 Å². The topological polar surface area (TPSA) is 54.7 Å². The van der Waals surface area contributed by atoms with Crippen LogP contribution in [-0.4, -0.2) is 4.57 Å². The zero-order valence-corrected chi connectivity index (χ0v) is 11.8. The van der Waals surface area contributed by atoms with Gasteiger partial charge >= 0.3 is 0 Å². The molecule has 2 N–H and O–H groups in total. The summed E-state index contributed by atoms with van der Waals surface area (Å²) in [5, 5.41) is 10.2. The van der Waals surface area contributed by atoms with Crippen LogP contribution in [0, 0.1) is 31.0 Å². The van der Waals surface area contributed by atoms with Crippen LogP contribution >= 0.6 is 0 Å². The lowest BCUT2D eigenvalue weighted by Gasteiger charge is -2.11. The first kappa shape index (κ1) is 13.2. The van der Waals surface area contributed by atoms with Gasteiger partial charge in [0.15, 0.2) is 0 Å². The van der Waals surface area contributed by atoms with E-state index in [0.29, 0.717) is 16.8 Å². The smallest absolute Gasteiger partial charge is 0.126 e. The van der Waals surface area contributed by atoms with Gasteiger partial charge in [0.1, 0.15) is 11.9 Å². The molecule has 4 heteroatoms. The summed E-state index contributed by atoms with van der Waals surface area (Å²) >= 11 is 0. The first-order chi connectivity index (χ1) is 10.0. The summed E-state index contributed by atoms with van der Waals surface area (Å²) in [5.41, 5.74) is 10.2. The molecule has 0 amide bonds. The second kappa shape index (κ2) is 4.64. The fourth-order valence-electron chi connectivity index (χ4n) is 2.72. The number of rotatable bonds is 1. The standard InChI is InChI=1S/C17H14FN3/c1-10-8-12(6-7-15(10)18)21-11(2)14(9-19)13-4-3-5-16(20)17(13)21/h3-8H,20H2,1-2H3. The van der Waals surface area contributed by atoms with E-state index < -0.39 is 0 Å². The van der Waals surface area contributed by atoms with E-state index in [1.165, 1.54) is 6.07 Å². The van der Waals surface area contributed by atoms with Gasteiger partial charge in [0.25, 0.3) is 0 Å². The molecule has 0 saturated carbocycles. The first-order valence-corrected chi connectivity index (χ1v) is 6.60. The molecule has 2 aromatic carbocycles. The summed E-state index contributed by atoms with van der Waals surface area (Å²) < 4.78 is 15.4. The van der Waals surface area contributed by atoms with Gasteiger partial charge in [0.2, 0.25) is 0 Å². The summed E-state index contributed by atoms with van der Waals surface area (Å²) in [5.74, 6) is -0.249. The van der Waals surface area contributed by atoms with Crippen LogP contribution in [0.1, 0.15) is 16.8 Å². The van der Waals surface area contributed by atoms with E-state index in [4.69, 9.17) is 5.73 Å². The average Bonchev–Trinajstić information content (AvgIpc) is 2.75. The highest BCUT2D eigenvalue weighted by Gasteiger charge is 2.17. The summed E-state index contributed by atoms with van der Waals surface area (Å²) in [6.45, 7) is 3.59. The molecule has 1 heterocycles. The molecule has 0 unspecified atom stereocenters. The minimum atomic E-state index is -0.249. The molecule has 0 radical (unpaired) electrons. The fourth-order valence-corrected chi connectivity index (χ4v) is 2.72. The van der Waals surface area contributed by atoms with Crippen LogP contribution in [0.5, 0.6) is 0 Å². The van der Waals surface area contributed by atoms with E-state index in [2.05, 4.69) is 6.07 Å². The van der Waals surface area contributed by atoms with E-state index in [1.54, 1.807) is 25.1 Å². The van der Waals surface area contributed by atoms with E-state index >= 15 is 0 Å². The van der Waals surface area contributed by atoms with Gasteiger partial charge in [-0.2, -0.15) is 5.26 Å². The largest absolute Gasteiger partial charge is 0.397 e. The predicted molar refractivity (Wildman–Crippen MR) is 81.8 cm³/mol. The van der Waals surface area contributed by atoms with Gasteiger partial charge in [-0.3, -0.25) is 0 Å². The number of benzene rings is 2. The van der Waals surface area contributed by atoms with Crippen LogP contribution < -0.4 is 5.73 Å². The molecule has 0 fully saturated rings. The Balaban J connectivity index is 2.45. The second-order valence-electron chi connectivity index (χ2n) is 5.08. The Bertz CT molecular complexity index is 901. The van der Waals surface area contributed by atoms with Crippen LogP contribution in [0.3, 0.4) is 0 Å². The molecule has 0 spiro atoms. The molecule has 0 aliphatic carbocycles. The number of anilines is 1. The van der Waals surface area contributed by atoms with Crippen molar-refractivity contribution in [2.75, 3.05) is 5.73 Å². The zero-order chi connectivity index (χ0) is 15.1. The Morgan fingerprint density at radius 3 is 2.62 bits per heavy atom. The molecular formula is C17H14FN3. The number of aryl methyl sites for hydroxylation is 1. The summed E-state index contributed by atoms with van der Waals surface area (Å²) in [6, 6.07) is 12.6. The zero-order valence-electron chi connectivity index (χ0n) is 11.8. The summed E-state index contributed by atoms with van der Waals surface area (Å²) in [4.78, 5) is 0. The number of aromatic nitrogens is 1. The fraction of sp³-hybridized carbons (Fsp3) is 0.118. The van der Waals surface area contributed by atoms with Gasteiger partial charge in [-0.1, -0.05) is 12.1 Å². The molecule has 0 atom stereocenters. The Hall–Kier alpha value is -2.80. The monoisotopic (exact) mass is 279 g/mol. The maximum atomic E-state index is 13.5. The Morgan fingerprint density at radius 1 is 1.19 bits per heavy atom. The van der Waals surface area contributed by atoms with E-state index in [1.807, 2.05) is 23.6 Å². The molecule has 0 aliphatic rings. The van der Waals surface area contributed by atoms with Crippen LogP contribution in [0.2, 0.25) is 0 Å². The van der Waals surface area contributed by atoms with Gasteiger partial charge in [-0.15, -0.1) is 0 Å². The van der Waals surface area contributed by atoms with E-state index in [9.17, 15) is 9.65 Å². The number of para-hydroxylation sites is 1. The molecule has 0 bridgehead atoms. The molecular weight excluding hydrogens is 265 g/mol. The van der Waals surface area contributed by atoms with Gasteiger partial charge in [-0.05, 0) is 43.7 Å². The van der Waals surface area contributed by atoms with Gasteiger partial charge in [-0.25, -0.2) is 4.39 Å². The molecule has 3 aromatic rings. The molecule has 0 aliphatic heterocycles. The van der Waals surface area contributed by atoms with Crippen molar-refractivity contribution in [3.63, 3.8) is 0 Å². The van der Waals surface area contributed by atoms with E-state index in [0.717, 1.165) is 22.3 Å². The highest BCUT2D eigenvalue weighted by Crippen LogP contribution is 2.32. The van der Waals surface area contributed by atoms with Crippen molar-refractivity contribution < 1.29 is 4.39 Å². The van der Waals surface area contributed by atoms with Gasteiger partial charge in [0, 0.05) is 16.8 Å². The highest BCUT2D eigenvalue weighted by molar-refractivity contribution is 5.97. The number of hydrogen-bond donors (Lipinski definition) is 1. The molecule has 3 nitrogen and oxygen atoms in total. The Morgan fingerprint density at radius 2 is 1.95 bits per heavy atom. The lowest BCUT2D eigenvalue weighted by atomic mass is 10.1. The molecule has 0 saturated heterocycles. The predicted octanol–water partition coefficient (Wildman–Crippen LogP) is 3.84. The minimum Gasteiger partial charge on any atom is -0.397 e. The lowest BCUT2D eigenvalue weighted by Crippen LogP contribution is -2.00. The second-order valence-corrected chi connectivity index (χ2v) is 5.08. The van der Waals surface area contributed by atoms with Crippen LogP contribution in [0.15, 0.2) is 36.4 Å². The number of halogens is 1. The normalized spacial score (nSPS) is 10.8.